The summed E-state index contributed by atoms with van der Waals surface area (Å²) in [5.41, 5.74) is 1.11. The summed E-state index contributed by atoms with van der Waals surface area (Å²) in [6.07, 6.45) is 2.90. The Morgan fingerprint density at radius 2 is 1.92 bits per heavy atom. The molecule has 4 rings (SSSR count). The maximum atomic E-state index is 12.6. The number of rotatable bonds is 4. The van der Waals surface area contributed by atoms with Crippen LogP contribution in [0, 0.1) is 0 Å². The summed E-state index contributed by atoms with van der Waals surface area (Å²) in [5, 5.41) is 7.72. The van der Waals surface area contributed by atoms with Crippen LogP contribution in [0.5, 0.6) is 5.75 Å². The third-order valence-corrected chi connectivity index (χ3v) is 4.06. The van der Waals surface area contributed by atoms with Gasteiger partial charge in [0.2, 0.25) is 0 Å². The molecule has 0 spiro atoms. The van der Waals surface area contributed by atoms with Crippen LogP contribution in [0.4, 0.5) is 0 Å². The molecule has 24 heavy (non-hydrogen) atoms. The lowest BCUT2D eigenvalue weighted by Crippen LogP contribution is -2.33. The number of carbonyl (C=O) groups is 2. The van der Waals surface area contributed by atoms with Crippen LogP contribution >= 0.6 is 11.6 Å². The summed E-state index contributed by atoms with van der Waals surface area (Å²) >= 11 is 5.81. The maximum Gasteiger partial charge on any atom is 0.263 e. The number of fused-ring (bicyclic) bond motifs is 3. The van der Waals surface area contributed by atoms with Gasteiger partial charge in [-0.25, -0.2) is 4.98 Å². The second-order valence-corrected chi connectivity index (χ2v) is 5.68. The normalized spacial score (nSPS) is 13.6. The van der Waals surface area contributed by atoms with E-state index in [9.17, 15) is 9.59 Å². The zero-order chi connectivity index (χ0) is 16.7. The molecular formula is C16H11ClN4O3. The lowest BCUT2D eigenvalue weighted by molar-refractivity contribution is 0.0632. The minimum absolute atomic E-state index is 0.147. The molecule has 2 aromatic heterocycles. The largest absolute Gasteiger partial charge is 0.492 e. The van der Waals surface area contributed by atoms with E-state index in [0.717, 1.165) is 4.90 Å². The molecule has 7 nitrogen and oxygen atoms in total. The Hall–Kier alpha value is -2.93. The van der Waals surface area contributed by atoms with Crippen LogP contribution in [0.1, 0.15) is 20.7 Å². The number of ether oxygens (including phenoxy) is 1. The Morgan fingerprint density at radius 3 is 2.71 bits per heavy atom. The first-order valence-corrected chi connectivity index (χ1v) is 7.59. The molecule has 3 aromatic rings. The quantitative estimate of drug-likeness (QED) is 0.735. The number of pyridine rings is 1. The fraction of sp³-hybridized carbons (Fsp3) is 0.125. The number of aromatic amines is 1. The second-order valence-electron chi connectivity index (χ2n) is 5.24. The number of benzene rings is 1. The second kappa shape index (κ2) is 5.61. The molecule has 0 radical (unpaired) electrons. The average molecular weight is 343 g/mol. The van der Waals surface area contributed by atoms with Crippen molar-refractivity contribution >= 4 is 34.4 Å². The van der Waals surface area contributed by atoms with E-state index in [1.54, 1.807) is 24.3 Å². The number of amides is 2. The first kappa shape index (κ1) is 14.6. The molecule has 2 amide bonds. The van der Waals surface area contributed by atoms with Crippen LogP contribution in [-0.2, 0) is 0 Å². The summed E-state index contributed by atoms with van der Waals surface area (Å²) in [6, 6.07) is 6.87. The predicted molar refractivity (Wildman–Crippen MR) is 86.2 cm³/mol. The highest BCUT2D eigenvalue weighted by Gasteiger charge is 2.37. The van der Waals surface area contributed by atoms with Crippen molar-refractivity contribution in [1.82, 2.24) is 20.1 Å². The number of nitrogens with one attached hydrogen (secondary N) is 1. The lowest BCUT2D eigenvalue weighted by Gasteiger charge is -2.14. The Balaban J connectivity index is 1.51. The van der Waals surface area contributed by atoms with Crippen LogP contribution in [0.3, 0.4) is 0 Å². The van der Waals surface area contributed by atoms with Crippen LogP contribution in [0.25, 0.3) is 11.0 Å². The number of imide groups is 1. The summed E-state index contributed by atoms with van der Waals surface area (Å²) in [7, 11) is 0. The average Bonchev–Trinajstić information content (AvgIpc) is 3.15. The fourth-order valence-corrected chi connectivity index (χ4v) is 2.78. The highest BCUT2D eigenvalue weighted by Crippen LogP contribution is 2.27. The Bertz CT molecular complexity index is 952. The van der Waals surface area contributed by atoms with Gasteiger partial charge in [0.25, 0.3) is 11.8 Å². The maximum absolute atomic E-state index is 12.6. The van der Waals surface area contributed by atoms with Crippen molar-refractivity contribution in [3.8, 4) is 5.75 Å². The molecule has 0 saturated heterocycles. The van der Waals surface area contributed by atoms with Crippen molar-refractivity contribution in [2.24, 2.45) is 0 Å². The van der Waals surface area contributed by atoms with Gasteiger partial charge in [-0.3, -0.25) is 19.6 Å². The smallest absolute Gasteiger partial charge is 0.263 e. The SMILES string of the molecule is O=C1c2cnc3[nH]ncc3c2C(=O)N1CCOc1ccc(Cl)cc1. The molecule has 3 heterocycles. The summed E-state index contributed by atoms with van der Waals surface area (Å²) < 4.78 is 5.55. The van der Waals surface area contributed by atoms with Gasteiger partial charge in [0.1, 0.15) is 12.4 Å². The van der Waals surface area contributed by atoms with Crippen molar-refractivity contribution in [2.75, 3.05) is 13.2 Å². The molecule has 1 aliphatic rings. The van der Waals surface area contributed by atoms with Gasteiger partial charge in [0.05, 0.1) is 29.3 Å². The zero-order valence-electron chi connectivity index (χ0n) is 12.3. The van der Waals surface area contributed by atoms with Crippen molar-refractivity contribution in [1.29, 1.82) is 0 Å². The first-order valence-electron chi connectivity index (χ1n) is 7.22. The van der Waals surface area contributed by atoms with E-state index in [0.29, 0.717) is 32.9 Å². The van der Waals surface area contributed by atoms with Gasteiger partial charge in [-0.2, -0.15) is 5.10 Å². The van der Waals surface area contributed by atoms with E-state index >= 15 is 0 Å². The van der Waals surface area contributed by atoms with E-state index in [4.69, 9.17) is 16.3 Å². The van der Waals surface area contributed by atoms with E-state index < -0.39 is 0 Å². The molecule has 0 aliphatic carbocycles. The summed E-state index contributed by atoms with van der Waals surface area (Å²) in [5.74, 6) is -0.108. The highest BCUT2D eigenvalue weighted by molar-refractivity contribution is 6.30. The topological polar surface area (TPSA) is 88.2 Å². The van der Waals surface area contributed by atoms with Gasteiger partial charge in [-0.1, -0.05) is 11.6 Å². The van der Waals surface area contributed by atoms with Gasteiger partial charge < -0.3 is 4.74 Å². The van der Waals surface area contributed by atoms with Crippen LogP contribution < -0.4 is 4.74 Å². The van der Waals surface area contributed by atoms with Gasteiger partial charge >= 0.3 is 0 Å². The van der Waals surface area contributed by atoms with Crippen molar-refractivity contribution < 1.29 is 14.3 Å². The molecule has 8 heteroatoms. The molecule has 0 atom stereocenters. The standard InChI is InChI=1S/C16H11ClN4O3/c17-9-1-3-10(4-2-9)24-6-5-21-15(22)12-7-18-14-11(8-19-20-14)13(12)16(21)23/h1-4,7-8H,5-6H2,(H,18,19,20). The molecule has 1 aliphatic heterocycles. The number of nitrogens with zero attached hydrogens (tertiary/aromatic N) is 3. The molecule has 0 unspecified atom stereocenters. The van der Waals surface area contributed by atoms with Gasteiger partial charge in [0, 0.05) is 11.2 Å². The van der Waals surface area contributed by atoms with Crippen molar-refractivity contribution in [2.45, 2.75) is 0 Å². The number of halogens is 1. The molecule has 0 fully saturated rings. The predicted octanol–water partition coefficient (Wildman–Crippen LogP) is 2.29. The van der Waals surface area contributed by atoms with E-state index in [-0.39, 0.29) is 25.0 Å². The van der Waals surface area contributed by atoms with Crippen molar-refractivity contribution in [3.05, 3.63) is 52.8 Å². The Kier molecular flexibility index (Phi) is 3.42. The van der Waals surface area contributed by atoms with Gasteiger partial charge in [-0.15, -0.1) is 0 Å². The molecule has 1 N–H and O–H groups in total. The number of hydrogen-bond donors (Lipinski definition) is 1. The lowest BCUT2D eigenvalue weighted by atomic mass is 10.1. The van der Waals surface area contributed by atoms with Gasteiger partial charge in [0.15, 0.2) is 5.65 Å². The number of hydrogen-bond acceptors (Lipinski definition) is 5. The van der Waals surface area contributed by atoms with E-state index in [2.05, 4.69) is 15.2 Å². The van der Waals surface area contributed by atoms with Crippen molar-refractivity contribution in [3.63, 3.8) is 0 Å². The third kappa shape index (κ3) is 2.30. The summed E-state index contributed by atoms with van der Waals surface area (Å²) in [6.45, 7) is 0.337. The molecular weight excluding hydrogens is 332 g/mol. The van der Waals surface area contributed by atoms with Crippen LogP contribution in [-0.4, -0.2) is 45.0 Å². The molecule has 1 aromatic carbocycles. The fourth-order valence-electron chi connectivity index (χ4n) is 2.65. The Morgan fingerprint density at radius 1 is 1.12 bits per heavy atom. The third-order valence-electron chi connectivity index (χ3n) is 3.81. The number of H-pyrrole nitrogens is 1. The highest BCUT2D eigenvalue weighted by atomic mass is 35.5. The Labute approximate surface area is 141 Å². The molecule has 120 valence electrons. The summed E-state index contributed by atoms with van der Waals surface area (Å²) in [4.78, 5) is 30.3. The van der Waals surface area contributed by atoms with Crippen LogP contribution in [0.2, 0.25) is 5.02 Å². The van der Waals surface area contributed by atoms with E-state index in [1.807, 2.05) is 0 Å². The monoisotopic (exact) mass is 342 g/mol. The minimum Gasteiger partial charge on any atom is -0.492 e. The molecule has 0 saturated carbocycles. The van der Waals surface area contributed by atoms with Crippen LogP contribution in [0.15, 0.2) is 36.7 Å². The zero-order valence-corrected chi connectivity index (χ0v) is 13.1. The van der Waals surface area contributed by atoms with E-state index in [1.165, 1.54) is 12.4 Å². The minimum atomic E-state index is -0.370. The molecule has 0 bridgehead atoms. The number of aromatic nitrogens is 3. The van der Waals surface area contributed by atoms with Gasteiger partial charge in [-0.05, 0) is 24.3 Å². The number of carbonyl (C=O) groups excluding carboxylic acids is 2. The first-order chi connectivity index (χ1) is 11.6.